The normalized spacial score (nSPS) is 19.3. The van der Waals surface area contributed by atoms with Crippen molar-refractivity contribution in [1.82, 2.24) is 8.87 Å². The number of rotatable bonds is 3. The van der Waals surface area contributed by atoms with Gasteiger partial charge in [-0.2, -0.15) is 4.31 Å². The second kappa shape index (κ2) is 5.03. The van der Waals surface area contributed by atoms with Crippen LogP contribution in [-0.4, -0.2) is 35.5 Å². The Morgan fingerprint density at radius 2 is 2.00 bits per heavy atom. The van der Waals surface area contributed by atoms with Crippen molar-refractivity contribution in [1.29, 1.82) is 0 Å². The fraction of sp³-hybridized carbons (Fsp3) is 0.667. The number of aliphatic hydroxyl groups is 1. The second-order valence-corrected chi connectivity index (χ2v) is 6.96. The van der Waals surface area contributed by atoms with Gasteiger partial charge in [0.1, 0.15) is 4.90 Å². The van der Waals surface area contributed by atoms with E-state index in [1.54, 1.807) is 28.2 Å². The molecular formula is C12H20N2O3S. The van der Waals surface area contributed by atoms with Crippen LogP contribution in [0.5, 0.6) is 0 Å². The Bertz CT molecular complexity index is 513. The molecule has 5 nitrogen and oxygen atoms in total. The Morgan fingerprint density at radius 3 is 2.50 bits per heavy atom. The summed E-state index contributed by atoms with van der Waals surface area (Å²) < 4.78 is 28.0. The summed E-state index contributed by atoms with van der Waals surface area (Å²) >= 11 is 0. The smallest absolute Gasteiger partial charge is 0.244 e. The first-order valence-corrected chi connectivity index (χ1v) is 7.65. The maximum atomic E-state index is 12.4. The van der Waals surface area contributed by atoms with Gasteiger partial charge in [0, 0.05) is 32.0 Å². The molecule has 0 saturated carbocycles. The average Bonchev–Trinajstić information content (AvgIpc) is 2.72. The molecule has 1 fully saturated rings. The number of hydrogen-bond acceptors (Lipinski definition) is 3. The number of aryl methyl sites for hydroxylation is 1. The van der Waals surface area contributed by atoms with Crippen molar-refractivity contribution in [2.45, 2.75) is 31.3 Å². The highest BCUT2D eigenvalue weighted by atomic mass is 32.2. The van der Waals surface area contributed by atoms with E-state index in [1.165, 1.54) is 0 Å². The highest BCUT2D eigenvalue weighted by molar-refractivity contribution is 7.89. The van der Waals surface area contributed by atoms with Gasteiger partial charge in [0.05, 0.1) is 6.61 Å². The van der Waals surface area contributed by atoms with Crippen LogP contribution in [0.25, 0.3) is 0 Å². The summed E-state index contributed by atoms with van der Waals surface area (Å²) in [5, 5.41) is 9.11. The van der Waals surface area contributed by atoms with Crippen LogP contribution < -0.4 is 0 Å². The van der Waals surface area contributed by atoms with E-state index in [1.807, 2.05) is 0 Å². The SMILES string of the molecule is CC1CCN(S(=O)(=O)c2cc(CO)n(C)c2)CC1. The molecule has 1 saturated heterocycles. The summed E-state index contributed by atoms with van der Waals surface area (Å²) in [5.41, 5.74) is 0.610. The summed E-state index contributed by atoms with van der Waals surface area (Å²) in [7, 11) is -1.66. The third kappa shape index (κ3) is 2.46. The predicted molar refractivity (Wildman–Crippen MR) is 68.5 cm³/mol. The van der Waals surface area contributed by atoms with E-state index in [-0.39, 0.29) is 11.5 Å². The Morgan fingerprint density at radius 1 is 1.39 bits per heavy atom. The van der Waals surface area contributed by atoms with Gasteiger partial charge < -0.3 is 9.67 Å². The summed E-state index contributed by atoms with van der Waals surface area (Å²) in [6, 6.07) is 1.55. The van der Waals surface area contributed by atoms with Crippen LogP contribution in [0.2, 0.25) is 0 Å². The van der Waals surface area contributed by atoms with Crippen molar-refractivity contribution in [3.63, 3.8) is 0 Å². The van der Waals surface area contributed by atoms with Gasteiger partial charge in [-0.3, -0.25) is 0 Å². The number of aromatic nitrogens is 1. The molecule has 18 heavy (non-hydrogen) atoms. The Balaban J connectivity index is 2.24. The first-order chi connectivity index (χ1) is 8.45. The summed E-state index contributed by atoms with van der Waals surface area (Å²) in [6.07, 6.45) is 3.40. The van der Waals surface area contributed by atoms with Gasteiger partial charge in [0.25, 0.3) is 0 Å². The van der Waals surface area contributed by atoms with Crippen LogP contribution in [0.4, 0.5) is 0 Å². The van der Waals surface area contributed by atoms with E-state index in [9.17, 15) is 8.42 Å². The lowest BCUT2D eigenvalue weighted by Gasteiger charge is -2.29. The van der Waals surface area contributed by atoms with Gasteiger partial charge in [-0.05, 0) is 24.8 Å². The molecule has 0 aliphatic carbocycles. The highest BCUT2D eigenvalue weighted by Gasteiger charge is 2.29. The Hall–Kier alpha value is -0.850. The van der Waals surface area contributed by atoms with Crippen LogP contribution in [0.15, 0.2) is 17.2 Å². The molecule has 1 N–H and O–H groups in total. The molecule has 102 valence electrons. The van der Waals surface area contributed by atoms with Crippen molar-refractivity contribution < 1.29 is 13.5 Å². The third-order valence-corrected chi connectivity index (χ3v) is 5.49. The van der Waals surface area contributed by atoms with Crippen LogP contribution in [0.1, 0.15) is 25.5 Å². The van der Waals surface area contributed by atoms with E-state index in [0.29, 0.717) is 24.7 Å². The van der Waals surface area contributed by atoms with E-state index >= 15 is 0 Å². The molecular weight excluding hydrogens is 252 g/mol. The predicted octanol–water partition coefficient (Wildman–Crippen LogP) is 0.938. The number of nitrogens with zero attached hydrogens (tertiary/aromatic N) is 2. The molecule has 0 aromatic carbocycles. The molecule has 6 heteroatoms. The van der Waals surface area contributed by atoms with Gasteiger partial charge in [-0.25, -0.2) is 8.42 Å². The van der Waals surface area contributed by atoms with Crippen molar-refractivity contribution >= 4 is 10.0 Å². The first kappa shape index (κ1) is 13.6. The quantitative estimate of drug-likeness (QED) is 0.890. The van der Waals surface area contributed by atoms with Gasteiger partial charge in [0.2, 0.25) is 10.0 Å². The maximum absolute atomic E-state index is 12.4. The molecule has 1 aliphatic rings. The number of hydrogen-bond donors (Lipinski definition) is 1. The van der Waals surface area contributed by atoms with Gasteiger partial charge in [-0.1, -0.05) is 6.92 Å². The Labute approximate surface area is 108 Å². The van der Waals surface area contributed by atoms with Crippen molar-refractivity contribution in [2.75, 3.05) is 13.1 Å². The highest BCUT2D eigenvalue weighted by Crippen LogP contribution is 2.24. The molecule has 0 radical (unpaired) electrons. The minimum Gasteiger partial charge on any atom is -0.390 e. The summed E-state index contributed by atoms with van der Waals surface area (Å²) in [5.74, 6) is 0.597. The van der Waals surface area contributed by atoms with Crippen molar-refractivity contribution in [3.8, 4) is 0 Å². The monoisotopic (exact) mass is 272 g/mol. The lowest BCUT2D eigenvalue weighted by Crippen LogP contribution is -2.37. The topological polar surface area (TPSA) is 62.5 Å². The molecule has 0 bridgehead atoms. The van der Waals surface area contributed by atoms with E-state index in [0.717, 1.165) is 12.8 Å². The molecule has 1 aliphatic heterocycles. The van der Waals surface area contributed by atoms with E-state index in [4.69, 9.17) is 5.11 Å². The third-order valence-electron chi connectivity index (χ3n) is 3.63. The molecule has 0 atom stereocenters. The molecule has 1 aromatic rings. The van der Waals surface area contributed by atoms with Gasteiger partial charge in [-0.15, -0.1) is 0 Å². The van der Waals surface area contributed by atoms with E-state index in [2.05, 4.69) is 6.92 Å². The molecule has 2 heterocycles. The van der Waals surface area contributed by atoms with Crippen LogP contribution in [-0.2, 0) is 23.7 Å². The molecule has 0 spiro atoms. The minimum atomic E-state index is -3.40. The fourth-order valence-electron chi connectivity index (χ4n) is 2.25. The van der Waals surface area contributed by atoms with Gasteiger partial charge in [0.15, 0.2) is 0 Å². The van der Waals surface area contributed by atoms with Gasteiger partial charge >= 0.3 is 0 Å². The molecule has 2 rings (SSSR count). The van der Waals surface area contributed by atoms with Crippen LogP contribution in [0.3, 0.4) is 0 Å². The number of aliphatic hydroxyl groups excluding tert-OH is 1. The lowest BCUT2D eigenvalue weighted by molar-refractivity contribution is 0.272. The average molecular weight is 272 g/mol. The lowest BCUT2D eigenvalue weighted by atomic mass is 10.0. The number of sulfonamides is 1. The van der Waals surface area contributed by atoms with Crippen molar-refractivity contribution in [2.24, 2.45) is 13.0 Å². The largest absolute Gasteiger partial charge is 0.390 e. The molecule has 1 aromatic heterocycles. The second-order valence-electron chi connectivity index (χ2n) is 5.02. The standard InChI is InChI=1S/C12H20N2O3S/c1-10-3-5-14(6-4-10)18(16,17)12-7-11(9-15)13(2)8-12/h7-8,10,15H,3-6,9H2,1-2H3. The molecule has 0 amide bonds. The molecule has 0 unspecified atom stereocenters. The minimum absolute atomic E-state index is 0.150. The Kier molecular flexibility index (Phi) is 3.79. The van der Waals surface area contributed by atoms with Crippen LogP contribution in [0, 0.1) is 5.92 Å². The zero-order valence-electron chi connectivity index (χ0n) is 10.8. The maximum Gasteiger partial charge on any atom is 0.244 e. The first-order valence-electron chi connectivity index (χ1n) is 6.21. The van der Waals surface area contributed by atoms with Crippen LogP contribution >= 0.6 is 0 Å². The number of piperidine rings is 1. The zero-order valence-corrected chi connectivity index (χ0v) is 11.7. The van der Waals surface area contributed by atoms with Crippen molar-refractivity contribution in [3.05, 3.63) is 18.0 Å². The van der Waals surface area contributed by atoms with E-state index < -0.39 is 10.0 Å². The zero-order chi connectivity index (χ0) is 13.3. The summed E-state index contributed by atoms with van der Waals surface area (Å²) in [6.45, 7) is 3.18. The fourth-order valence-corrected chi connectivity index (χ4v) is 3.82. The summed E-state index contributed by atoms with van der Waals surface area (Å²) in [4.78, 5) is 0.281.